The number of rotatable bonds is 0. The summed E-state index contributed by atoms with van der Waals surface area (Å²) in [5.41, 5.74) is 1.72. The molecule has 0 saturated carbocycles. The largest absolute Gasteiger partial charge is 0.308 e. The monoisotopic (exact) mass is 267 g/mol. The minimum Gasteiger partial charge on any atom is -0.308 e. The highest BCUT2D eigenvalue weighted by molar-refractivity contribution is 9.10. The lowest BCUT2D eigenvalue weighted by atomic mass is 10.1. The molecule has 1 aliphatic heterocycles. The van der Waals surface area contributed by atoms with E-state index in [0.29, 0.717) is 11.9 Å². The van der Waals surface area contributed by atoms with Gasteiger partial charge < -0.3 is 4.57 Å². The van der Waals surface area contributed by atoms with Gasteiger partial charge in [0.1, 0.15) is 5.82 Å². The predicted molar refractivity (Wildman–Crippen MR) is 59.6 cm³/mol. The van der Waals surface area contributed by atoms with E-state index in [1.165, 1.54) is 12.1 Å². The zero-order valence-electron chi connectivity index (χ0n) is 7.76. The number of hydrogen-bond donors (Lipinski definition) is 0. The molecule has 0 unspecified atom stereocenters. The molecule has 0 saturated heterocycles. The van der Waals surface area contributed by atoms with Gasteiger partial charge in [-0.1, -0.05) is 15.9 Å². The molecule has 0 bridgehead atoms. The number of benzene rings is 1. The van der Waals surface area contributed by atoms with E-state index in [9.17, 15) is 9.18 Å². The fourth-order valence-corrected chi connectivity index (χ4v) is 2.76. The molecule has 15 heavy (non-hydrogen) atoms. The van der Waals surface area contributed by atoms with Crippen molar-refractivity contribution < 1.29 is 4.39 Å². The minimum absolute atomic E-state index is 0.0567. The van der Waals surface area contributed by atoms with Crippen LogP contribution in [0.2, 0.25) is 0 Å². The summed E-state index contributed by atoms with van der Waals surface area (Å²) < 4.78 is 16.0. The van der Waals surface area contributed by atoms with Gasteiger partial charge in [-0.2, -0.15) is 0 Å². The summed E-state index contributed by atoms with van der Waals surface area (Å²) in [6, 6.07) is 4.46. The molecule has 2 aromatic rings. The highest BCUT2D eigenvalue weighted by atomic mass is 79.9. The first-order chi connectivity index (χ1) is 7.18. The number of hydrogen-bond acceptors (Lipinski definition) is 1. The molecule has 1 aromatic heterocycles. The maximum Gasteiger partial charge on any atom is 0.251 e. The third-order valence-electron chi connectivity index (χ3n) is 2.85. The van der Waals surface area contributed by atoms with E-state index < -0.39 is 0 Å². The maximum atomic E-state index is 13.6. The summed E-state index contributed by atoms with van der Waals surface area (Å²) in [6.45, 7) is 0.646. The van der Waals surface area contributed by atoms with Gasteiger partial charge in [-0.05, 0) is 24.1 Å². The van der Waals surface area contributed by atoms with Crippen LogP contribution in [0.1, 0.15) is 5.56 Å². The lowest BCUT2D eigenvalue weighted by molar-refractivity contribution is 0.638. The first-order valence-corrected chi connectivity index (χ1v) is 5.48. The first-order valence-electron chi connectivity index (χ1n) is 4.69. The van der Waals surface area contributed by atoms with Crippen molar-refractivity contribution >= 4 is 26.8 Å². The van der Waals surface area contributed by atoms with Crippen molar-refractivity contribution in [3.63, 3.8) is 0 Å². The molecule has 3 rings (SSSR count). The van der Waals surface area contributed by atoms with Crippen molar-refractivity contribution in [3.8, 4) is 0 Å². The van der Waals surface area contributed by atoms with Crippen LogP contribution in [0.25, 0.3) is 10.9 Å². The normalized spacial score (nSPS) is 13.7. The van der Waals surface area contributed by atoms with Gasteiger partial charge in [0.2, 0.25) is 0 Å². The zero-order chi connectivity index (χ0) is 10.6. The molecule has 0 atom stereocenters. The van der Waals surface area contributed by atoms with E-state index in [1.54, 1.807) is 10.6 Å². The van der Waals surface area contributed by atoms with Crippen molar-refractivity contribution in [1.29, 1.82) is 0 Å². The molecule has 76 valence electrons. The van der Waals surface area contributed by atoms with Gasteiger partial charge in [-0.15, -0.1) is 0 Å². The summed E-state index contributed by atoms with van der Waals surface area (Å²) in [5.74, 6) is -0.281. The van der Waals surface area contributed by atoms with Gasteiger partial charge in [-0.25, -0.2) is 4.39 Å². The highest BCUT2D eigenvalue weighted by Gasteiger charge is 2.19. The summed E-state index contributed by atoms with van der Waals surface area (Å²) in [6.07, 6.45) is 0.788. The van der Waals surface area contributed by atoms with Crippen molar-refractivity contribution in [2.24, 2.45) is 0 Å². The van der Waals surface area contributed by atoms with Crippen molar-refractivity contribution in [2.45, 2.75) is 13.0 Å². The molecule has 0 spiro atoms. The van der Waals surface area contributed by atoms with Gasteiger partial charge in [0, 0.05) is 22.5 Å². The molecule has 1 aliphatic rings. The number of nitrogens with zero attached hydrogens (tertiary/aromatic N) is 1. The molecular weight excluding hydrogens is 261 g/mol. The van der Waals surface area contributed by atoms with Crippen molar-refractivity contribution in [2.75, 3.05) is 0 Å². The molecule has 0 aliphatic carbocycles. The average molecular weight is 268 g/mol. The Labute approximate surface area is 93.5 Å². The number of pyridine rings is 1. The van der Waals surface area contributed by atoms with E-state index >= 15 is 0 Å². The lowest BCUT2D eigenvalue weighted by Crippen LogP contribution is -2.16. The highest BCUT2D eigenvalue weighted by Crippen LogP contribution is 2.32. The number of aryl methyl sites for hydroxylation is 2. The molecule has 2 nitrogen and oxygen atoms in total. The Morgan fingerprint density at radius 2 is 2.20 bits per heavy atom. The smallest absolute Gasteiger partial charge is 0.251 e. The first kappa shape index (κ1) is 9.09. The molecular formula is C11H7BrFNO. The van der Waals surface area contributed by atoms with E-state index in [2.05, 4.69) is 15.9 Å². The summed E-state index contributed by atoms with van der Waals surface area (Å²) in [5, 5.41) is 0.533. The molecule has 4 heteroatoms. The van der Waals surface area contributed by atoms with Crippen LogP contribution in [-0.4, -0.2) is 4.57 Å². The number of aromatic nitrogens is 1. The van der Waals surface area contributed by atoms with Crippen LogP contribution >= 0.6 is 15.9 Å². The maximum absolute atomic E-state index is 13.6. The van der Waals surface area contributed by atoms with Crippen LogP contribution in [0.15, 0.2) is 27.5 Å². The van der Waals surface area contributed by atoms with Gasteiger partial charge in [-0.3, -0.25) is 4.79 Å². The van der Waals surface area contributed by atoms with Crippen LogP contribution in [0.5, 0.6) is 0 Å². The van der Waals surface area contributed by atoms with E-state index in [-0.39, 0.29) is 11.4 Å². The van der Waals surface area contributed by atoms with Crippen LogP contribution in [0.4, 0.5) is 4.39 Å². The van der Waals surface area contributed by atoms with Crippen molar-refractivity contribution in [1.82, 2.24) is 4.57 Å². The fourth-order valence-electron chi connectivity index (χ4n) is 2.17. The van der Waals surface area contributed by atoms with Crippen LogP contribution in [0.3, 0.4) is 0 Å². The quantitative estimate of drug-likeness (QED) is 0.719. The standard InChI is InChI=1S/C11H7BrFNO/c12-8-5-9(13)7-1-2-10(15)14-4-3-6(8)11(7)14/h1-2,5H,3-4H2. The Bertz CT molecular complexity index is 633. The molecule has 0 amide bonds. The van der Waals surface area contributed by atoms with Gasteiger partial charge in [0.25, 0.3) is 5.56 Å². The second-order valence-electron chi connectivity index (χ2n) is 3.65. The zero-order valence-corrected chi connectivity index (χ0v) is 9.34. The van der Waals surface area contributed by atoms with Gasteiger partial charge in [0.15, 0.2) is 0 Å². The summed E-state index contributed by atoms with van der Waals surface area (Å²) >= 11 is 3.33. The van der Waals surface area contributed by atoms with Gasteiger partial charge >= 0.3 is 0 Å². The SMILES string of the molecule is O=c1ccc2c(F)cc(Br)c3c2n1CC3. The third kappa shape index (κ3) is 1.11. The molecule has 2 heterocycles. The number of halogens is 2. The third-order valence-corrected chi connectivity index (χ3v) is 3.56. The van der Waals surface area contributed by atoms with E-state index in [4.69, 9.17) is 0 Å². The average Bonchev–Trinajstić information content (AvgIpc) is 2.62. The van der Waals surface area contributed by atoms with E-state index in [0.717, 1.165) is 22.0 Å². The summed E-state index contributed by atoms with van der Waals surface area (Å²) in [7, 11) is 0. The second-order valence-corrected chi connectivity index (χ2v) is 4.51. The minimum atomic E-state index is -0.281. The fraction of sp³-hybridized carbons (Fsp3) is 0.182. The Morgan fingerprint density at radius 1 is 1.40 bits per heavy atom. The Hall–Kier alpha value is -1.16. The topological polar surface area (TPSA) is 22.0 Å². The lowest BCUT2D eigenvalue weighted by Gasteiger charge is -2.05. The van der Waals surface area contributed by atoms with Gasteiger partial charge in [0.05, 0.1) is 5.52 Å². The van der Waals surface area contributed by atoms with Crippen molar-refractivity contribution in [3.05, 3.63) is 44.4 Å². The molecule has 1 aromatic carbocycles. The predicted octanol–water partition coefficient (Wildman–Crippen LogP) is 2.46. The van der Waals surface area contributed by atoms with E-state index in [1.807, 2.05) is 0 Å². The Kier molecular flexibility index (Phi) is 1.77. The van der Waals surface area contributed by atoms with Crippen LogP contribution in [-0.2, 0) is 13.0 Å². The second kappa shape index (κ2) is 2.92. The van der Waals surface area contributed by atoms with Crippen LogP contribution in [0, 0.1) is 5.82 Å². The molecule has 0 radical (unpaired) electrons. The molecule has 0 N–H and O–H groups in total. The Balaban J connectivity index is 2.64. The summed E-state index contributed by atoms with van der Waals surface area (Å²) in [4.78, 5) is 11.5. The molecule has 0 fully saturated rings. The van der Waals surface area contributed by atoms with Crippen LogP contribution < -0.4 is 5.56 Å². The Morgan fingerprint density at radius 3 is 3.00 bits per heavy atom.